The maximum absolute atomic E-state index is 9.21. The predicted molar refractivity (Wildman–Crippen MR) is 76.5 cm³/mol. The van der Waals surface area contributed by atoms with Crippen LogP contribution < -0.4 is 0 Å². The van der Waals surface area contributed by atoms with Crippen LogP contribution in [0.1, 0.15) is 71.1 Å². The lowest BCUT2D eigenvalue weighted by Crippen LogP contribution is -2.26. The van der Waals surface area contributed by atoms with Crippen molar-refractivity contribution in [3.8, 4) is 0 Å². The van der Waals surface area contributed by atoms with Crippen LogP contribution in [0.15, 0.2) is 0 Å². The summed E-state index contributed by atoms with van der Waals surface area (Å²) in [5, 5.41) is 18.4. The van der Waals surface area contributed by atoms with Crippen LogP contribution >= 0.6 is 0 Å². The maximum Gasteiger partial charge on any atom is 0.0483 e. The number of unbranched alkanes of at least 4 members (excludes halogenated alkanes) is 4. The number of aliphatic hydroxyl groups excluding tert-OH is 2. The number of hydrogen-bond acceptors (Lipinski definition) is 2. The van der Waals surface area contributed by atoms with Gasteiger partial charge in [-0.15, -0.1) is 0 Å². The van der Waals surface area contributed by atoms with Crippen LogP contribution in [0.5, 0.6) is 0 Å². The molecule has 0 bridgehead atoms. The van der Waals surface area contributed by atoms with Gasteiger partial charge in [-0.1, -0.05) is 58.3 Å². The van der Waals surface area contributed by atoms with Gasteiger partial charge >= 0.3 is 0 Å². The Hall–Kier alpha value is -0.0800. The number of rotatable bonds is 9. The van der Waals surface area contributed by atoms with E-state index in [1.807, 2.05) is 0 Å². The molecule has 1 saturated carbocycles. The second-order valence-corrected chi connectivity index (χ2v) is 6.11. The Morgan fingerprint density at radius 2 is 1.50 bits per heavy atom. The molecule has 2 N–H and O–H groups in total. The fourth-order valence-corrected chi connectivity index (χ4v) is 3.34. The molecule has 0 saturated heterocycles. The smallest absolute Gasteiger partial charge is 0.0483 e. The molecule has 1 aliphatic rings. The SMILES string of the molecule is CCCCCCCC1CCC(C(CO)CO)CC1. The Bertz CT molecular complexity index is 182. The highest BCUT2D eigenvalue weighted by Crippen LogP contribution is 2.35. The van der Waals surface area contributed by atoms with Crippen molar-refractivity contribution in [1.29, 1.82) is 0 Å². The normalized spacial score (nSPS) is 24.7. The molecule has 1 aliphatic carbocycles. The van der Waals surface area contributed by atoms with Gasteiger partial charge in [0.15, 0.2) is 0 Å². The average Bonchev–Trinajstić information content (AvgIpc) is 2.41. The molecule has 108 valence electrons. The van der Waals surface area contributed by atoms with Gasteiger partial charge in [-0.3, -0.25) is 0 Å². The molecule has 1 fully saturated rings. The van der Waals surface area contributed by atoms with Crippen molar-refractivity contribution in [3.05, 3.63) is 0 Å². The van der Waals surface area contributed by atoms with Crippen LogP contribution in [0.2, 0.25) is 0 Å². The first-order valence-corrected chi connectivity index (χ1v) is 8.03. The Labute approximate surface area is 113 Å². The second kappa shape index (κ2) is 9.80. The van der Waals surface area contributed by atoms with E-state index in [4.69, 9.17) is 0 Å². The minimum atomic E-state index is 0.135. The Morgan fingerprint density at radius 3 is 2.06 bits per heavy atom. The lowest BCUT2D eigenvalue weighted by Gasteiger charge is -2.32. The summed E-state index contributed by atoms with van der Waals surface area (Å²) < 4.78 is 0. The summed E-state index contributed by atoms with van der Waals surface area (Å²) in [6, 6.07) is 0. The Kier molecular flexibility index (Phi) is 8.70. The summed E-state index contributed by atoms with van der Waals surface area (Å²) in [6.45, 7) is 2.58. The molecule has 0 radical (unpaired) electrons. The van der Waals surface area contributed by atoms with Gasteiger partial charge in [0.1, 0.15) is 0 Å². The van der Waals surface area contributed by atoms with Gasteiger partial charge < -0.3 is 10.2 Å². The maximum atomic E-state index is 9.21. The van der Waals surface area contributed by atoms with E-state index in [1.165, 1.54) is 64.2 Å². The van der Waals surface area contributed by atoms with Gasteiger partial charge in [-0.05, 0) is 24.7 Å². The Morgan fingerprint density at radius 1 is 0.889 bits per heavy atom. The lowest BCUT2D eigenvalue weighted by molar-refractivity contribution is 0.0781. The van der Waals surface area contributed by atoms with Gasteiger partial charge in [0.2, 0.25) is 0 Å². The van der Waals surface area contributed by atoms with Crippen molar-refractivity contribution in [2.45, 2.75) is 71.1 Å². The highest BCUT2D eigenvalue weighted by Gasteiger charge is 2.26. The standard InChI is InChI=1S/C16H32O2/c1-2-3-4-5-6-7-14-8-10-15(11-9-14)16(12-17)13-18/h14-18H,2-13H2,1H3. The molecule has 1 rings (SSSR count). The molecular formula is C16H32O2. The molecule has 0 spiro atoms. The fourth-order valence-electron chi connectivity index (χ4n) is 3.34. The summed E-state index contributed by atoms with van der Waals surface area (Å²) in [4.78, 5) is 0. The van der Waals surface area contributed by atoms with E-state index < -0.39 is 0 Å². The molecule has 2 nitrogen and oxygen atoms in total. The molecular weight excluding hydrogens is 224 g/mol. The van der Waals surface area contributed by atoms with E-state index in [1.54, 1.807) is 0 Å². The molecule has 0 amide bonds. The molecule has 0 aromatic rings. The third-order valence-electron chi connectivity index (χ3n) is 4.74. The van der Waals surface area contributed by atoms with Gasteiger partial charge in [-0.2, -0.15) is 0 Å². The third kappa shape index (κ3) is 5.71. The van der Waals surface area contributed by atoms with Crippen LogP contribution in [-0.4, -0.2) is 23.4 Å². The first-order valence-electron chi connectivity index (χ1n) is 8.03. The van der Waals surface area contributed by atoms with E-state index >= 15 is 0 Å². The second-order valence-electron chi connectivity index (χ2n) is 6.11. The summed E-state index contributed by atoms with van der Waals surface area (Å²) in [7, 11) is 0. The summed E-state index contributed by atoms with van der Waals surface area (Å²) in [5.41, 5.74) is 0. The fraction of sp³-hybridized carbons (Fsp3) is 1.00. The molecule has 0 aromatic heterocycles. The topological polar surface area (TPSA) is 40.5 Å². The van der Waals surface area contributed by atoms with Crippen molar-refractivity contribution in [1.82, 2.24) is 0 Å². The summed E-state index contributed by atoms with van der Waals surface area (Å²) in [5.74, 6) is 1.62. The van der Waals surface area contributed by atoms with Gasteiger partial charge in [0.05, 0.1) is 0 Å². The van der Waals surface area contributed by atoms with E-state index in [-0.39, 0.29) is 19.1 Å². The van der Waals surface area contributed by atoms with Crippen molar-refractivity contribution in [2.75, 3.05) is 13.2 Å². The van der Waals surface area contributed by atoms with E-state index in [9.17, 15) is 10.2 Å². The first kappa shape index (κ1) is 16.0. The average molecular weight is 256 g/mol. The largest absolute Gasteiger partial charge is 0.396 e. The zero-order valence-electron chi connectivity index (χ0n) is 12.1. The van der Waals surface area contributed by atoms with E-state index in [0.717, 1.165) is 5.92 Å². The van der Waals surface area contributed by atoms with Crippen LogP contribution in [0.4, 0.5) is 0 Å². The zero-order valence-corrected chi connectivity index (χ0v) is 12.1. The molecule has 0 aromatic carbocycles. The van der Waals surface area contributed by atoms with Crippen LogP contribution in [0.25, 0.3) is 0 Å². The van der Waals surface area contributed by atoms with Gasteiger partial charge in [-0.25, -0.2) is 0 Å². The van der Waals surface area contributed by atoms with Crippen LogP contribution in [0, 0.1) is 17.8 Å². The predicted octanol–water partition coefficient (Wildman–Crippen LogP) is 3.75. The monoisotopic (exact) mass is 256 g/mol. The third-order valence-corrected chi connectivity index (χ3v) is 4.74. The number of hydrogen-bond donors (Lipinski definition) is 2. The van der Waals surface area contributed by atoms with Crippen molar-refractivity contribution in [2.24, 2.45) is 17.8 Å². The van der Waals surface area contributed by atoms with Gasteiger partial charge in [0, 0.05) is 19.1 Å². The quantitative estimate of drug-likeness (QED) is 0.617. The van der Waals surface area contributed by atoms with Crippen molar-refractivity contribution < 1.29 is 10.2 Å². The van der Waals surface area contributed by atoms with E-state index in [2.05, 4.69) is 6.92 Å². The minimum absolute atomic E-state index is 0.135. The minimum Gasteiger partial charge on any atom is -0.396 e. The van der Waals surface area contributed by atoms with Crippen molar-refractivity contribution in [3.63, 3.8) is 0 Å². The zero-order chi connectivity index (χ0) is 13.2. The Balaban J connectivity index is 2.08. The van der Waals surface area contributed by atoms with Crippen LogP contribution in [-0.2, 0) is 0 Å². The van der Waals surface area contributed by atoms with E-state index in [0.29, 0.717) is 5.92 Å². The summed E-state index contributed by atoms with van der Waals surface area (Å²) in [6.07, 6.45) is 13.4. The highest BCUT2D eigenvalue weighted by atomic mass is 16.3. The molecule has 2 heteroatoms. The first-order chi connectivity index (χ1) is 8.81. The molecule has 0 atom stereocenters. The highest BCUT2D eigenvalue weighted by molar-refractivity contribution is 4.77. The molecule has 0 aliphatic heterocycles. The molecule has 18 heavy (non-hydrogen) atoms. The summed E-state index contributed by atoms with van der Waals surface area (Å²) >= 11 is 0. The molecule has 0 heterocycles. The lowest BCUT2D eigenvalue weighted by atomic mass is 9.75. The molecule has 0 unspecified atom stereocenters. The van der Waals surface area contributed by atoms with Crippen LogP contribution in [0.3, 0.4) is 0 Å². The van der Waals surface area contributed by atoms with Crippen molar-refractivity contribution >= 4 is 0 Å². The number of aliphatic hydroxyl groups is 2. The van der Waals surface area contributed by atoms with Gasteiger partial charge in [0.25, 0.3) is 0 Å².